The van der Waals surface area contributed by atoms with E-state index in [1.54, 1.807) is 6.08 Å². The maximum Gasteiger partial charge on any atom is 0.352 e. The molecular weight excluding hydrogens is 564 g/mol. The van der Waals surface area contributed by atoms with Crippen LogP contribution in [0.25, 0.3) is 0 Å². The molecule has 7 atom stereocenters. The number of methoxy groups -OCH3 is 1. The fourth-order valence-electron chi connectivity index (χ4n) is 6.36. The van der Waals surface area contributed by atoms with E-state index in [9.17, 15) is 29.4 Å². The molecular formula is C30H40N2O11. The van der Waals surface area contributed by atoms with Gasteiger partial charge in [0.15, 0.2) is 23.7 Å². The van der Waals surface area contributed by atoms with Crippen LogP contribution in [0.1, 0.15) is 58.1 Å². The summed E-state index contributed by atoms with van der Waals surface area (Å²) in [6.07, 6.45) is -2.21. The molecule has 2 aliphatic carbocycles. The predicted molar refractivity (Wildman–Crippen MR) is 150 cm³/mol. The van der Waals surface area contributed by atoms with Crippen molar-refractivity contribution < 1.29 is 53.4 Å². The Bertz CT molecular complexity index is 1330. The highest BCUT2D eigenvalue weighted by atomic mass is 16.6. The standard InChI is InChI=1S/C30H40N2O11/c1-7-32(5)21-14-17-8-10-19(40-6)24-23(17)29(4)25(43-24)20(12-13-30(21,29)39)42-27(37)16(3)41-28(38)18(9-11-22(34)35)31-26(36)15(2)33/h8,10,12,15-16,18,21,25,33,39H,7,9,11,13-14H2,1-6H3,(H,31,36)(H,34,35)/t15-,16-,18-,21+,25-,29-,30+/m0/s1. The van der Waals surface area contributed by atoms with E-state index >= 15 is 0 Å². The number of esters is 2. The number of benzene rings is 1. The topological polar surface area (TPSA) is 181 Å². The van der Waals surface area contributed by atoms with Crippen LogP contribution in [0.3, 0.4) is 0 Å². The Labute approximate surface area is 249 Å². The maximum atomic E-state index is 13.2. The fourth-order valence-corrected chi connectivity index (χ4v) is 6.36. The first-order chi connectivity index (χ1) is 20.2. The summed E-state index contributed by atoms with van der Waals surface area (Å²) in [6.45, 7) is 7.08. The van der Waals surface area contributed by atoms with Crippen molar-refractivity contribution in [1.82, 2.24) is 10.2 Å². The van der Waals surface area contributed by atoms with Gasteiger partial charge < -0.3 is 44.5 Å². The number of aliphatic carboxylic acids is 1. The Balaban J connectivity index is 1.58. The van der Waals surface area contributed by atoms with E-state index in [2.05, 4.69) is 10.2 Å². The van der Waals surface area contributed by atoms with E-state index in [4.69, 9.17) is 24.1 Å². The number of carbonyl (C=O) groups excluding carboxylic acids is 3. The van der Waals surface area contributed by atoms with Crippen molar-refractivity contribution in [2.24, 2.45) is 0 Å². The Kier molecular flexibility index (Phi) is 9.10. The van der Waals surface area contributed by atoms with Gasteiger partial charge in [-0.3, -0.25) is 9.59 Å². The van der Waals surface area contributed by atoms with E-state index in [0.717, 1.165) is 11.1 Å². The van der Waals surface area contributed by atoms with Crippen LogP contribution in [0, 0.1) is 0 Å². The monoisotopic (exact) mass is 604 g/mol. The molecule has 0 spiro atoms. The quantitative estimate of drug-likeness (QED) is 0.247. The summed E-state index contributed by atoms with van der Waals surface area (Å²) in [5.74, 6) is -2.99. The third kappa shape index (κ3) is 5.56. The van der Waals surface area contributed by atoms with Gasteiger partial charge in [0.05, 0.1) is 18.1 Å². The highest BCUT2D eigenvalue weighted by Crippen LogP contribution is 2.62. The Morgan fingerprint density at radius 3 is 2.51 bits per heavy atom. The number of carbonyl (C=O) groups is 4. The number of aliphatic hydroxyl groups is 2. The normalized spacial score (nSPS) is 27.1. The SMILES string of the molecule is CCN(C)[C@@H]1Cc2ccc(OC)c3c2[C@@]2(C)[C@@H](O3)C(OC(=O)[C@H](C)OC(=O)[C@H](CCC(=O)O)NC(=O)[C@H](C)O)=CC[C@@]12O. The summed E-state index contributed by atoms with van der Waals surface area (Å²) < 4.78 is 23.0. The van der Waals surface area contributed by atoms with Crippen molar-refractivity contribution in [3.63, 3.8) is 0 Å². The van der Waals surface area contributed by atoms with Crippen LogP contribution in [-0.2, 0) is 40.5 Å². The molecule has 43 heavy (non-hydrogen) atoms. The number of nitrogens with zero attached hydrogens (tertiary/aromatic N) is 1. The third-order valence-corrected chi connectivity index (χ3v) is 8.95. The number of amides is 1. The van der Waals surface area contributed by atoms with Crippen LogP contribution in [0.4, 0.5) is 0 Å². The number of carboxylic acid groups (broad SMARTS) is 1. The first-order valence-electron chi connectivity index (χ1n) is 14.3. The van der Waals surface area contributed by atoms with Gasteiger partial charge >= 0.3 is 17.9 Å². The molecule has 4 N–H and O–H groups in total. The number of likely N-dealkylation sites (N-methyl/N-ethyl adjacent to an activating group) is 1. The lowest BCUT2D eigenvalue weighted by Crippen LogP contribution is -2.69. The van der Waals surface area contributed by atoms with Gasteiger partial charge in [0.25, 0.3) is 0 Å². The van der Waals surface area contributed by atoms with Gasteiger partial charge in [0.1, 0.15) is 17.9 Å². The van der Waals surface area contributed by atoms with E-state index in [1.807, 2.05) is 33.0 Å². The van der Waals surface area contributed by atoms with Crippen molar-refractivity contribution in [3.8, 4) is 11.5 Å². The Hall–Kier alpha value is -3.68. The molecule has 0 aromatic heterocycles. The molecule has 0 fully saturated rings. The minimum atomic E-state index is -1.45. The lowest BCUT2D eigenvalue weighted by Gasteiger charge is -2.56. The summed E-state index contributed by atoms with van der Waals surface area (Å²) in [5.41, 5.74) is -0.495. The van der Waals surface area contributed by atoms with Crippen molar-refractivity contribution in [2.75, 3.05) is 20.7 Å². The zero-order valence-electron chi connectivity index (χ0n) is 25.2. The minimum absolute atomic E-state index is 0.147. The lowest BCUT2D eigenvalue weighted by atomic mass is 9.54. The summed E-state index contributed by atoms with van der Waals surface area (Å²) in [4.78, 5) is 51.1. The maximum absolute atomic E-state index is 13.2. The summed E-state index contributed by atoms with van der Waals surface area (Å²) >= 11 is 0. The number of ether oxygens (including phenoxy) is 4. The van der Waals surface area contributed by atoms with Gasteiger partial charge in [0, 0.05) is 24.4 Å². The summed E-state index contributed by atoms with van der Waals surface area (Å²) in [5, 5.41) is 33.1. The van der Waals surface area contributed by atoms with Crippen molar-refractivity contribution in [3.05, 3.63) is 35.1 Å². The first-order valence-corrected chi connectivity index (χ1v) is 14.3. The van der Waals surface area contributed by atoms with E-state index in [1.165, 1.54) is 21.0 Å². The van der Waals surface area contributed by atoms with E-state index in [-0.39, 0.29) is 24.6 Å². The molecule has 1 aliphatic heterocycles. The molecule has 0 bridgehead atoms. The van der Waals surface area contributed by atoms with E-state index < -0.39 is 65.6 Å². The zero-order chi connectivity index (χ0) is 31.9. The molecule has 13 nitrogen and oxygen atoms in total. The van der Waals surface area contributed by atoms with Crippen molar-refractivity contribution in [1.29, 1.82) is 0 Å². The second-order valence-electron chi connectivity index (χ2n) is 11.5. The van der Waals surface area contributed by atoms with Crippen LogP contribution < -0.4 is 14.8 Å². The molecule has 13 heteroatoms. The van der Waals surface area contributed by atoms with Gasteiger partial charge in [-0.25, -0.2) is 9.59 Å². The number of hydrogen-bond acceptors (Lipinski definition) is 11. The molecule has 1 heterocycles. The molecule has 0 radical (unpaired) electrons. The van der Waals surface area contributed by atoms with E-state index in [0.29, 0.717) is 24.5 Å². The molecule has 1 amide bonds. The molecule has 3 aliphatic rings. The first kappa shape index (κ1) is 32.2. The van der Waals surface area contributed by atoms with Crippen molar-refractivity contribution in [2.45, 2.75) is 94.8 Å². The summed E-state index contributed by atoms with van der Waals surface area (Å²) in [7, 11) is 3.48. The number of carboxylic acids is 1. The Morgan fingerprint density at radius 2 is 1.91 bits per heavy atom. The third-order valence-electron chi connectivity index (χ3n) is 8.95. The molecule has 0 unspecified atom stereocenters. The molecule has 0 saturated heterocycles. The number of hydrogen-bond donors (Lipinski definition) is 4. The van der Waals surface area contributed by atoms with Gasteiger partial charge in [-0.15, -0.1) is 0 Å². The van der Waals surface area contributed by atoms with Gasteiger partial charge in [-0.05, 0) is 64.9 Å². The molecule has 1 aromatic carbocycles. The zero-order valence-corrected chi connectivity index (χ0v) is 25.2. The van der Waals surface area contributed by atoms with Gasteiger partial charge in [0.2, 0.25) is 5.91 Å². The number of rotatable bonds is 12. The van der Waals surface area contributed by atoms with Gasteiger partial charge in [-0.1, -0.05) is 13.0 Å². The number of nitrogens with one attached hydrogen (secondary N) is 1. The van der Waals surface area contributed by atoms with Crippen molar-refractivity contribution >= 4 is 23.8 Å². The average molecular weight is 605 g/mol. The Morgan fingerprint density at radius 1 is 1.21 bits per heavy atom. The smallest absolute Gasteiger partial charge is 0.352 e. The largest absolute Gasteiger partial charge is 0.493 e. The summed E-state index contributed by atoms with van der Waals surface area (Å²) in [6, 6.07) is 2.11. The number of aliphatic hydroxyl groups excluding tert-OH is 1. The highest BCUT2D eigenvalue weighted by Gasteiger charge is 2.68. The second kappa shape index (κ2) is 12.1. The van der Waals surface area contributed by atoms with Crippen LogP contribution in [0.15, 0.2) is 24.0 Å². The molecule has 0 saturated carbocycles. The molecule has 236 valence electrons. The highest BCUT2D eigenvalue weighted by molar-refractivity contribution is 5.88. The second-order valence-corrected chi connectivity index (χ2v) is 11.5. The minimum Gasteiger partial charge on any atom is -0.493 e. The van der Waals surface area contributed by atoms with Crippen LogP contribution in [-0.4, -0.2) is 101 Å². The average Bonchev–Trinajstić information content (AvgIpc) is 3.29. The fraction of sp³-hybridized carbons (Fsp3) is 0.600. The van der Waals surface area contributed by atoms with Crippen LogP contribution in [0.5, 0.6) is 11.5 Å². The molecule has 1 aromatic rings. The lowest BCUT2D eigenvalue weighted by molar-refractivity contribution is -0.169. The van der Waals surface area contributed by atoms with Crippen LogP contribution in [0.2, 0.25) is 0 Å². The predicted octanol–water partition coefficient (Wildman–Crippen LogP) is 0.814. The van der Waals surface area contributed by atoms with Gasteiger partial charge in [-0.2, -0.15) is 0 Å². The molecule has 4 rings (SSSR count). The van der Waals surface area contributed by atoms with Crippen LogP contribution >= 0.6 is 0 Å².